The van der Waals surface area contributed by atoms with E-state index in [1.54, 1.807) is 0 Å². The van der Waals surface area contributed by atoms with Gasteiger partial charge >= 0.3 is 12.2 Å². The summed E-state index contributed by atoms with van der Waals surface area (Å²) in [6.07, 6.45) is -8.17. The van der Waals surface area contributed by atoms with E-state index in [1.807, 2.05) is 0 Å². The fourth-order valence-corrected chi connectivity index (χ4v) is 1.46. The molecule has 0 amide bonds. The Morgan fingerprint density at radius 2 is 1.06 bits per heavy atom. The summed E-state index contributed by atoms with van der Waals surface area (Å²) in [5.74, 6) is 0. The van der Waals surface area contributed by atoms with Gasteiger partial charge in [0.1, 0.15) is 0 Å². The Labute approximate surface area is 89.1 Å². The molecule has 16 heavy (non-hydrogen) atoms. The fourth-order valence-electron chi connectivity index (χ4n) is 1.46. The Bertz CT molecular complexity index is 365. The smallest absolute Gasteiger partial charge is 0.332 e. The lowest BCUT2D eigenvalue weighted by Gasteiger charge is -2.18. The van der Waals surface area contributed by atoms with Crippen LogP contribution in [0.4, 0.5) is 17.6 Å². The van der Waals surface area contributed by atoms with Gasteiger partial charge in [0.2, 0.25) is 0 Å². The lowest BCUT2D eigenvalue weighted by atomic mass is 9.99. The predicted molar refractivity (Wildman–Crippen MR) is 48.1 cm³/mol. The molecule has 1 aromatic carbocycles. The van der Waals surface area contributed by atoms with Crippen molar-refractivity contribution in [3.63, 3.8) is 0 Å². The van der Waals surface area contributed by atoms with Crippen LogP contribution in [0.3, 0.4) is 0 Å². The van der Waals surface area contributed by atoms with Gasteiger partial charge in [0.15, 0.2) is 0 Å². The highest BCUT2D eigenvalue weighted by Crippen LogP contribution is 2.34. The molecule has 2 N–H and O–H groups in total. The van der Waals surface area contributed by atoms with Crippen molar-refractivity contribution in [1.29, 1.82) is 0 Å². The van der Waals surface area contributed by atoms with Gasteiger partial charge < -0.3 is 10.2 Å². The van der Waals surface area contributed by atoms with Gasteiger partial charge in [0.25, 0.3) is 0 Å². The van der Waals surface area contributed by atoms with Crippen molar-refractivity contribution in [2.75, 3.05) is 0 Å². The molecular formula is C10H10F4O2. The number of hydrogen-bond acceptors (Lipinski definition) is 2. The van der Waals surface area contributed by atoms with E-state index >= 15 is 0 Å². The zero-order valence-corrected chi connectivity index (χ0v) is 8.56. The molecule has 0 saturated heterocycles. The van der Waals surface area contributed by atoms with Gasteiger partial charge in [-0.3, -0.25) is 0 Å². The van der Waals surface area contributed by atoms with Crippen molar-refractivity contribution in [2.24, 2.45) is 0 Å². The van der Waals surface area contributed by atoms with E-state index < -0.39 is 23.3 Å². The van der Waals surface area contributed by atoms with Gasteiger partial charge in [-0.1, -0.05) is 0 Å². The first-order valence-electron chi connectivity index (χ1n) is 4.36. The molecule has 0 fully saturated rings. The summed E-state index contributed by atoms with van der Waals surface area (Å²) in [5, 5.41) is 17.0. The minimum absolute atomic E-state index is 0.221. The molecule has 1 rings (SSSR count). The first-order chi connectivity index (χ1) is 7.03. The quantitative estimate of drug-likeness (QED) is 0.776. The number of aliphatic hydroxyl groups is 2. The van der Waals surface area contributed by atoms with Crippen LogP contribution in [0.25, 0.3) is 0 Å². The van der Waals surface area contributed by atoms with Gasteiger partial charge in [-0.2, -0.15) is 17.6 Å². The molecule has 0 radical (unpaired) electrons. The van der Waals surface area contributed by atoms with Crippen LogP contribution in [0.15, 0.2) is 12.1 Å². The topological polar surface area (TPSA) is 40.5 Å². The van der Waals surface area contributed by atoms with E-state index in [-0.39, 0.29) is 11.1 Å². The van der Waals surface area contributed by atoms with E-state index in [2.05, 4.69) is 0 Å². The second kappa shape index (κ2) is 3.71. The molecule has 90 valence electrons. The Balaban J connectivity index is 3.40. The summed E-state index contributed by atoms with van der Waals surface area (Å²) in [4.78, 5) is 0. The van der Waals surface area contributed by atoms with Crippen LogP contribution < -0.4 is 0 Å². The van der Waals surface area contributed by atoms with Crippen LogP contribution in [0, 0.1) is 13.8 Å². The van der Waals surface area contributed by atoms with E-state index in [0.717, 1.165) is 26.0 Å². The summed E-state index contributed by atoms with van der Waals surface area (Å²) in [6, 6.07) is 1.46. The largest absolute Gasteiger partial charge is 0.381 e. The van der Waals surface area contributed by atoms with Crippen LogP contribution in [-0.4, -0.2) is 10.2 Å². The fraction of sp³-hybridized carbons (Fsp3) is 0.400. The van der Waals surface area contributed by atoms with Crippen LogP contribution in [-0.2, 0) is 12.2 Å². The lowest BCUT2D eigenvalue weighted by Crippen LogP contribution is -2.18. The minimum Gasteiger partial charge on any atom is -0.332 e. The molecular weight excluding hydrogens is 228 g/mol. The summed E-state index contributed by atoms with van der Waals surface area (Å²) < 4.78 is 50.5. The van der Waals surface area contributed by atoms with Gasteiger partial charge in [-0.25, -0.2) is 0 Å². The first-order valence-corrected chi connectivity index (χ1v) is 4.36. The number of aryl methyl sites for hydroxylation is 2. The molecule has 1 aromatic rings. The normalized spacial score (nSPS) is 13.0. The Morgan fingerprint density at radius 1 is 0.812 bits per heavy atom. The molecule has 6 heteroatoms. The van der Waals surface area contributed by atoms with Gasteiger partial charge in [0.05, 0.1) is 11.1 Å². The first kappa shape index (κ1) is 12.9. The van der Waals surface area contributed by atoms with E-state index in [4.69, 9.17) is 10.2 Å². The third-order valence-electron chi connectivity index (χ3n) is 2.22. The second-order valence-electron chi connectivity index (χ2n) is 3.56. The minimum atomic E-state index is -4.09. The Morgan fingerprint density at radius 3 is 1.25 bits per heavy atom. The molecule has 0 bridgehead atoms. The zero-order chi connectivity index (χ0) is 12.7. The third kappa shape index (κ3) is 2.51. The molecule has 2 nitrogen and oxygen atoms in total. The predicted octanol–water partition coefficient (Wildman–Crippen LogP) is 2.39. The molecule has 0 unspecified atom stereocenters. The summed E-state index contributed by atoms with van der Waals surface area (Å²) in [5.41, 5.74) is -1.94. The maximum atomic E-state index is 12.6. The standard InChI is InChI=1S/C10H10F4O2/c1-5-3-8(10(13,14)16)6(2)4-7(5)9(11,12)15/h3-4,15-16H,1-2H3. The molecule has 0 spiro atoms. The number of alkyl halides is 4. The molecule has 0 heterocycles. The van der Waals surface area contributed by atoms with Gasteiger partial charge in [-0.15, -0.1) is 0 Å². The van der Waals surface area contributed by atoms with Crippen LogP contribution in [0.2, 0.25) is 0 Å². The van der Waals surface area contributed by atoms with Crippen molar-refractivity contribution in [3.05, 3.63) is 34.4 Å². The summed E-state index contributed by atoms with van der Waals surface area (Å²) in [6.45, 7) is 2.29. The van der Waals surface area contributed by atoms with Crippen LogP contribution >= 0.6 is 0 Å². The molecule has 0 atom stereocenters. The maximum absolute atomic E-state index is 12.6. The zero-order valence-electron chi connectivity index (χ0n) is 8.56. The van der Waals surface area contributed by atoms with Crippen LogP contribution in [0.5, 0.6) is 0 Å². The Kier molecular flexibility index (Phi) is 3.00. The molecule has 0 saturated carbocycles. The van der Waals surface area contributed by atoms with Crippen molar-refractivity contribution >= 4 is 0 Å². The maximum Gasteiger partial charge on any atom is 0.381 e. The van der Waals surface area contributed by atoms with Crippen molar-refractivity contribution in [2.45, 2.75) is 26.1 Å². The number of halogens is 4. The van der Waals surface area contributed by atoms with E-state index in [1.165, 1.54) is 0 Å². The highest BCUT2D eigenvalue weighted by atomic mass is 19.3. The summed E-state index contributed by atoms with van der Waals surface area (Å²) >= 11 is 0. The Hall–Kier alpha value is -1.14. The van der Waals surface area contributed by atoms with E-state index in [0.29, 0.717) is 0 Å². The number of benzene rings is 1. The average Bonchev–Trinajstić information content (AvgIpc) is 2.04. The number of hydrogen-bond donors (Lipinski definition) is 2. The highest BCUT2D eigenvalue weighted by Gasteiger charge is 2.34. The highest BCUT2D eigenvalue weighted by molar-refractivity contribution is 5.39. The molecule has 0 aliphatic rings. The molecule has 0 aliphatic heterocycles. The van der Waals surface area contributed by atoms with Gasteiger partial charge in [-0.05, 0) is 37.1 Å². The monoisotopic (exact) mass is 238 g/mol. The van der Waals surface area contributed by atoms with E-state index in [9.17, 15) is 17.6 Å². The van der Waals surface area contributed by atoms with Gasteiger partial charge in [0, 0.05) is 0 Å². The van der Waals surface area contributed by atoms with Crippen molar-refractivity contribution in [3.8, 4) is 0 Å². The number of rotatable bonds is 2. The second-order valence-corrected chi connectivity index (χ2v) is 3.56. The van der Waals surface area contributed by atoms with Crippen molar-refractivity contribution in [1.82, 2.24) is 0 Å². The lowest BCUT2D eigenvalue weighted by molar-refractivity contribution is -0.212. The van der Waals surface area contributed by atoms with Crippen molar-refractivity contribution < 1.29 is 27.8 Å². The average molecular weight is 238 g/mol. The summed E-state index contributed by atoms with van der Waals surface area (Å²) in [7, 11) is 0. The SMILES string of the molecule is Cc1cc(C(O)(F)F)c(C)cc1C(O)(F)F. The molecule has 0 aromatic heterocycles. The van der Waals surface area contributed by atoms with Crippen LogP contribution in [0.1, 0.15) is 22.3 Å². The molecule has 0 aliphatic carbocycles. The third-order valence-corrected chi connectivity index (χ3v) is 2.22.